The van der Waals surface area contributed by atoms with Crippen molar-refractivity contribution in [1.29, 1.82) is 0 Å². The van der Waals surface area contributed by atoms with Crippen LogP contribution >= 0.6 is 22.6 Å². The molecule has 290 valence electrons. The Kier molecular flexibility index (Phi) is 10.9. The predicted octanol–water partition coefficient (Wildman–Crippen LogP) is 15.3. The summed E-state index contributed by atoms with van der Waals surface area (Å²) in [5.74, 6) is 0.530. The normalized spacial score (nSPS) is 20.5. The molecule has 0 saturated carbocycles. The highest BCUT2D eigenvalue weighted by Gasteiger charge is 2.35. The van der Waals surface area contributed by atoms with Crippen molar-refractivity contribution in [3.05, 3.63) is 209 Å². The number of fused-ring (bicyclic) bond motifs is 2. The average molecular weight is 877 g/mol. The highest BCUT2D eigenvalue weighted by Crippen LogP contribution is 2.51. The first-order chi connectivity index (χ1) is 28.8. The van der Waals surface area contributed by atoms with E-state index in [0.29, 0.717) is 5.92 Å². The van der Waals surface area contributed by atoms with Gasteiger partial charge in [-0.15, -0.1) is 0 Å². The van der Waals surface area contributed by atoms with E-state index in [9.17, 15) is 0 Å². The van der Waals surface area contributed by atoms with E-state index in [1.54, 1.807) is 0 Å². The van der Waals surface area contributed by atoms with Gasteiger partial charge in [-0.3, -0.25) is 9.97 Å². The molecule has 0 radical (unpaired) electrons. The number of benzene rings is 4. The molecule has 0 fully saturated rings. The number of aromatic nitrogens is 2. The summed E-state index contributed by atoms with van der Waals surface area (Å²) in [7, 11) is 0. The Bertz CT molecular complexity index is 2760. The number of hydrogen-bond donors (Lipinski definition) is 0. The zero-order valence-electron chi connectivity index (χ0n) is 34.3. The molecule has 3 atom stereocenters. The monoisotopic (exact) mass is 876 g/mol. The second kappa shape index (κ2) is 16.5. The van der Waals surface area contributed by atoms with Gasteiger partial charge in [-0.05, 0) is 141 Å². The van der Waals surface area contributed by atoms with Crippen LogP contribution in [-0.2, 0) is 6.42 Å². The van der Waals surface area contributed by atoms with E-state index in [1.165, 1.54) is 72.0 Å². The first-order valence-electron chi connectivity index (χ1n) is 20.9. The van der Waals surface area contributed by atoms with E-state index in [0.717, 1.165) is 41.8 Å². The highest BCUT2D eigenvalue weighted by molar-refractivity contribution is 14.1. The molecule has 4 aromatic carbocycles. The van der Waals surface area contributed by atoms with E-state index < -0.39 is 0 Å². The summed E-state index contributed by atoms with van der Waals surface area (Å²) in [6, 6.07) is 39.3. The lowest BCUT2D eigenvalue weighted by Crippen LogP contribution is -2.24. The van der Waals surface area contributed by atoms with Crippen LogP contribution < -0.4 is 0 Å². The van der Waals surface area contributed by atoms with Crippen LogP contribution in [0.1, 0.15) is 51.7 Å². The largest absolute Gasteiger partial charge is 0.256 e. The van der Waals surface area contributed by atoms with Gasteiger partial charge >= 0.3 is 0 Å². The van der Waals surface area contributed by atoms with Gasteiger partial charge in [-0.2, -0.15) is 0 Å². The third-order valence-electron chi connectivity index (χ3n) is 12.3. The molecule has 9 rings (SSSR count). The van der Waals surface area contributed by atoms with Crippen LogP contribution in [-0.4, -0.2) is 13.9 Å². The molecule has 0 saturated heterocycles. The van der Waals surface area contributed by atoms with Gasteiger partial charge in [0.25, 0.3) is 0 Å². The topological polar surface area (TPSA) is 25.8 Å². The molecule has 59 heavy (non-hydrogen) atoms. The van der Waals surface area contributed by atoms with Crippen LogP contribution in [0, 0.1) is 11.3 Å². The Hall–Kier alpha value is -5.65. The van der Waals surface area contributed by atoms with Crippen molar-refractivity contribution in [3.8, 4) is 44.8 Å². The molecule has 0 spiro atoms. The predicted molar refractivity (Wildman–Crippen MR) is 259 cm³/mol. The minimum Gasteiger partial charge on any atom is -0.256 e. The van der Waals surface area contributed by atoms with Gasteiger partial charge in [0.15, 0.2) is 0 Å². The minimum absolute atomic E-state index is 0.151. The Morgan fingerprint density at radius 3 is 1.88 bits per heavy atom. The molecule has 3 aliphatic carbocycles. The molecule has 0 aliphatic heterocycles. The van der Waals surface area contributed by atoms with E-state index >= 15 is 0 Å². The molecule has 0 amide bonds. The van der Waals surface area contributed by atoms with Crippen molar-refractivity contribution in [2.45, 2.75) is 50.9 Å². The second-order valence-electron chi connectivity index (χ2n) is 16.4. The molecule has 6 aromatic rings. The lowest BCUT2D eigenvalue weighted by molar-refractivity contribution is 0.512. The van der Waals surface area contributed by atoms with Crippen molar-refractivity contribution in [1.82, 2.24) is 9.97 Å². The number of pyridine rings is 2. The van der Waals surface area contributed by atoms with Crippen LogP contribution in [0.25, 0.3) is 61.6 Å². The summed E-state index contributed by atoms with van der Waals surface area (Å²) >= 11 is 2.74. The summed E-state index contributed by atoms with van der Waals surface area (Å²) in [5.41, 5.74) is 18.7. The molecular weight excluding hydrogens is 828 g/mol. The lowest BCUT2D eigenvalue weighted by atomic mass is 9.68. The maximum atomic E-state index is 4.66. The maximum absolute atomic E-state index is 4.66. The Balaban J connectivity index is 1.28. The number of hydrogen-bond acceptors (Lipinski definition) is 2. The molecule has 3 heteroatoms. The fourth-order valence-corrected chi connectivity index (χ4v) is 10.4. The average Bonchev–Trinajstić information content (AvgIpc) is 3.27. The molecular formula is C56H49IN2. The fraction of sp³-hybridized carbons (Fsp3) is 0.179. The summed E-state index contributed by atoms with van der Waals surface area (Å²) in [4.78, 5) is 9.30. The van der Waals surface area contributed by atoms with Gasteiger partial charge in [0.2, 0.25) is 0 Å². The molecule has 3 unspecified atom stereocenters. The quantitative estimate of drug-likeness (QED) is 0.0865. The first kappa shape index (κ1) is 38.8. The zero-order valence-corrected chi connectivity index (χ0v) is 36.4. The van der Waals surface area contributed by atoms with Crippen molar-refractivity contribution in [2.24, 2.45) is 11.3 Å². The van der Waals surface area contributed by atoms with Gasteiger partial charge in [0, 0.05) is 32.9 Å². The molecule has 2 heterocycles. The molecule has 0 bridgehead atoms. The lowest BCUT2D eigenvalue weighted by Gasteiger charge is -2.36. The van der Waals surface area contributed by atoms with Gasteiger partial charge in [0.05, 0.1) is 11.4 Å². The zero-order chi connectivity index (χ0) is 40.5. The Labute approximate surface area is 363 Å². The standard InChI is InChI=1S/C56H49IN2/c1-5-14-45(6-2)56(4)35-43(42-16-13-15-37(3)31-42)32-44(36-56)48-33-49-50(34-51(48)57)55(41-27-23-39(24-28-41)53-20-10-12-30-59-53)47-18-8-7-17-46(47)54(49)40-25-21-38(22-26-40)52-19-9-11-29-58-52/h5-14,16-33,36-37,51H,15,34-35H2,1-4H3/b14-5-,45-6+. The summed E-state index contributed by atoms with van der Waals surface area (Å²) < 4.78 is 0.267. The van der Waals surface area contributed by atoms with E-state index in [-0.39, 0.29) is 9.34 Å². The van der Waals surface area contributed by atoms with Crippen molar-refractivity contribution in [2.75, 3.05) is 0 Å². The summed E-state index contributed by atoms with van der Waals surface area (Å²) in [6.45, 7) is 9.08. The van der Waals surface area contributed by atoms with Crippen LogP contribution in [0.5, 0.6) is 0 Å². The van der Waals surface area contributed by atoms with Gasteiger partial charge in [-0.25, -0.2) is 0 Å². The second-order valence-corrected chi connectivity index (χ2v) is 17.9. The number of halogens is 1. The van der Waals surface area contributed by atoms with E-state index in [1.807, 2.05) is 24.5 Å². The minimum atomic E-state index is -0.151. The van der Waals surface area contributed by atoms with Crippen LogP contribution in [0.3, 0.4) is 0 Å². The summed E-state index contributed by atoms with van der Waals surface area (Å²) in [6.07, 6.45) is 28.4. The molecule has 3 aliphatic rings. The highest BCUT2D eigenvalue weighted by atomic mass is 127. The number of nitrogens with zero attached hydrogens (tertiary/aromatic N) is 2. The smallest absolute Gasteiger partial charge is 0.0701 e. The fourth-order valence-electron chi connectivity index (χ4n) is 9.46. The Morgan fingerprint density at radius 1 is 0.712 bits per heavy atom. The third kappa shape index (κ3) is 7.58. The molecule has 0 N–H and O–H groups in total. The van der Waals surface area contributed by atoms with Gasteiger partial charge < -0.3 is 0 Å². The van der Waals surface area contributed by atoms with Crippen molar-refractivity contribution >= 4 is 39.4 Å². The number of rotatable bonds is 8. The van der Waals surface area contributed by atoms with Gasteiger partial charge in [-0.1, -0.05) is 170 Å². The van der Waals surface area contributed by atoms with Crippen LogP contribution in [0.15, 0.2) is 198 Å². The SMILES string of the molecule is C/C=C\C(=C/C)C1(C)C=C(C2=Cc3c(c(-c4ccc(-c5ccccn5)cc4)c4ccccc4c3-c3ccc(-c4ccccn4)cc3)CC2I)C=C(C2=CC(C)CC=C2)C1. The maximum Gasteiger partial charge on any atom is 0.0701 e. The Morgan fingerprint density at radius 2 is 1.31 bits per heavy atom. The summed E-state index contributed by atoms with van der Waals surface area (Å²) in [5, 5.41) is 2.54. The van der Waals surface area contributed by atoms with E-state index in [2.05, 4.69) is 212 Å². The van der Waals surface area contributed by atoms with Gasteiger partial charge in [0.1, 0.15) is 0 Å². The molecule has 2 nitrogen and oxygen atoms in total. The van der Waals surface area contributed by atoms with Crippen LogP contribution in [0.4, 0.5) is 0 Å². The first-order valence-corrected chi connectivity index (χ1v) is 22.2. The third-order valence-corrected chi connectivity index (χ3v) is 13.4. The van der Waals surface area contributed by atoms with Crippen LogP contribution in [0.2, 0.25) is 0 Å². The van der Waals surface area contributed by atoms with E-state index in [4.69, 9.17) is 0 Å². The molecule has 2 aromatic heterocycles. The van der Waals surface area contributed by atoms with Crippen molar-refractivity contribution < 1.29 is 0 Å². The van der Waals surface area contributed by atoms with Crippen molar-refractivity contribution in [3.63, 3.8) is 0 Å². The number of alkyl halides is 1. The number of allylic oxidation sites excluding steroid dienone is 13.